The molecule has 0 bridgehead atoms. The van der Waals surface area contributed by atoms with E-state index >= 15 is 0 Å². The Balaban J connectivity index is 0.000000193. The highest BCUT2D eigenvalue weighted by Gasteiger charge is 2.47. The third kappa shape index (κ3) is 9.83. The van der Waals surface area contributed by atoms with E-state index in [0.29, 0.717) is 9.96 Å². The van der Waals surface area contributed by atoms with E-state index < -0.39 is 0 Å². The Morgan fingerprint density at radius 3 is 1.76 bits per heavy atom. The quantitative estimate of drug-likeness (QED) is 0.282. The van der Waals surface area contributed by atoms with Crippen molar-refractivity contribution in [2.24, 2.45) is 11.3 Å². The number of esters is 2. The van der Waals surface area contributed by atoms with Crippen LogP contribution in [-0.2, 0) is 19.1 Å². The van der Waals surface area contributed by atoms with Crippen LogP contribution < -0.4 is 0 Å². The Hall–Kier alpha value is -0.0700. The van der Waals surface area contributed by atoms with Gasteiger partial charge in [0.2, 0.25) is 0 Å². The van der Waals surface area contributed by atoms with E-state index in [0.717, 1.165) is 25.7 Å². The molecule has 0 radical (unpaired) electrons. The van der Waals surface area contributed by atoms with Gasteiger partial charge in [-0.25, -0.2) is 0 Å². The smallest absolute Gasteiger partial charge is 0.312 e. The SMILES string of the molecule is COC(=O)C1(C2CCCCS2)CCCCC1.COC(=O)C1CCCCC1.ClC1CCCCS1. The van der Waals surface area contributed by atoms with Crippen molar-refractivity contribution in [3.8, 4) is 0 Å². The number of hydrogen-bond acceptors (Lipinski definition) is 6. The number of thioether (sulfide) groups is 2. The predicted octanol–water partition coefficient (Wildman–Crippen LogP) is 7.60. The molecule has 0 N–H and O–H groups in total. The molecule has 2 aliphatic heterocycles. The maximum Gasteiger partial charge on any atom is 0.312 e. The summed E-state index contributed by atoms with van der Waals surface area (Å²) in [6.07, 6.45) is 19.3. The molecule has 2 aliphatic carbocycles. The van der Waals surface area contributed by atoms with Crippen molar-refractivity contribution in [3.63, 3.8) is 0 Å². The first-order chi connectivity index (χ1) is 16.0. The number of carbonyl (C=O) groups is 2. The van der Waals surface area contributed by atoms with E-state index in [-0.39, 0.29) is 23.3 Å². The lowest BCUT2D eigenvalue weighted by Gasteiger charge is -2.42. The monoisotopic (exact) mass is 520 g/mol. The minimum Gasteiger partial charge on any atom is -0.469 e. The van der Waals surface area contributed by atoms with Crippen LogP contribution in [0.5, 0.6) is 0 Å². The standard InChI is InChI=1S/C13H22O2S.C8H14O2.C5H9ClS/c1-15-12(14)13(8-4-2-5-9-13)11-7-3-6-10-16-11;1-10-8(9)7-5-3-2-4-6-7;6-5-3-1-2-4-7-5/h11H,2-10H2,1H3;7H,2-6H2,1H3;5H,1-4H2. The molecule has 0 aromatic rings. The van der Waals surface area contributed by atoms with Crippen LogP contribution in [0.2, 0.25) is 0 Å². The summed E-state index contributed by atoms with van der Waals surface area (Å²) < 4.78 is 10.2. The van der Waals surface area contributed by atoms with Gasteiger partial charge in [0.15, 0.2) is 0 Å². The van der Waals surface area contributed by atoms with Gasteiger partial charge in [0.05, 0.1) is 30.3 Å². The van der Waals surface area contributed by atoms with Gasteiger partial charge in [0.1, 0.15) is 0 Å². The molecule has 192 valence electrons. The first-order valence-electron chi connectivity index (χ1n) is 13.1. The fourth-order valence-corrected chi connectivity index (χ4v) is 8.45. The second kappa shape index (κ2) is 16.6. The molecule has 33 heavy (non-hydrogen) atoms. The molecule has 2 saturated carbocycles. The summed E-state index contributed by atoms with van der Waals surface area (Å²) in [4.78, 5) is 23.1. The molecule has 4 fully saturated rings. The van der Waals surface area contributed by atoms with Gasteiger partial charge in [-0.3, -0.25) is 9.59 Å². The van der Waals surface area contributed by atoms with Crippen LogP contribution >= 0.6 is 35.1 Å². The third-order valence-electron chi connectivity index (χ3n) is 7.40. The molecule has 4 aliphatic rings. The number of carbonyl (C=O) groups excluding carboxylic acids is 2. The van der Waals surface area contributed by atoms with Crippen LogP contribution in [0.1, 0.15) is 103 Å². The number of hydrogen-bond donors (Lipinski definition) is 0. The summed E-state index contributed by atoms with van der Waals surface area (Å²) in [5, 5.41) is 0.522. The molecule has 0 amide bonds. The lowest BCUT2D eigenvalue weighted by Crippen LogP contribution is -2.44. The van der Waals surface area contributed by atoms with Crippen molar-refractivity contribution in [1.29, 1.82) is 0 Å². The molecule has 2 atom stereocenters. The lowest BCUT2D eigenvalue weighted by atomic mass is 9.70. The molecule has 0 aromatic heterocycles. The summed E-state index contributed by atoms with van der Waals surface area (Å²) in [6, 6.07) is 0. The number of rotatable bonds is 3. The van der Waals surface area contributed by atoms with Gasteiger partial charge in [-0.05, 0) is 62.9 Å². The molecule has 0 aromatic carbocycles. The zero-order valence-corrected chi connectivity index (χ0v) is 23.2. The van der Waals surface area contributed by atoms with Gasteiger partial charge < -0.3 is 9.47 Å². The molecule has 4 nitrogen and oxygen atoms in total. The highest BCUT2D eigenvalue weighted by Crippen LogP contribution is 2.48. The van der Waals surface area contributed by atoms with Gasteiger partial charge in [-0.15, -0.1) is 23.4 Å². The van der Waals surface area contributed by atoms with E-state index in [2.05, 4.69) is 4.74 Å². The maximum atomic E-state index is 12.2. The number of methoxy groups -OCH3 is 2. The first-order valence-corrected chi connectivity index (χ1v) is 15.6. The Morgan fingerprint density at radius 1 is 0.727 bits per heavy atom. The number of ether oxygens (including phenoxy) is 2. The maximum absolute atomic E-state index is 12.2. The summed E-state index contributed by atoms with van der Waals surface area (Å²) in [5.74, 6) is 2.75. The fraction of sp³-hybridized carbons (Fsp3) is 0.923. The molecule has 0 spiro atoms. The highest BCUT2D eigenvalue weighted by molar-refractivity contribution is 8.01. The van der Waals surface area contributed by atoms with Gasteiger partial charge >= 0.3 is 11.9 Å². The summed E-state index contributed by atoms with van der Waals surface area (Å²) in [7, 11) is 3.02. The molecule has 4 rings (SSSR count). The lowest BCUT2D eigenvalue weighted by molar-refractivity contribution is -0.155. The van der Waals surface area contributed by atoms with Crippen molar-refractivity contribution in [3.05, 3.63) is 0 Å². The van der Waals surface area contributed by atoms with Crippen LogP contribution in [0.4, 0.5) is 0 Å². The second-order valence-corrected chi connectivity index (χ2v) is 13.1. The van der Waals surface area contributed by atoms with Crippen molar-refractivity contribution < 1.29 is 19.1 Å². The van der Waals surface area contributed by atoms with Gasteiger partial charge in [-0.1, -0.05) is 51.4 Å². The van der Waals surface area contributed by atoms with Gasteiger partial charge in [0.25, 0.3) is 0 Å². The van der Waals surface area contributed by atoms with E-state index in [9.17, 15) is 9.59 Å². The Bertz CT molecular complexity index is 550. The molecule has 7 heteroatoms. The van der Waals surface area contributed by atoms with E-state index in [1.54, 1.807) is 7.11 Å². The van der Waals surface area contributed by atoms with Crippen LogP contribution in [0.15, 0.2) is 0 Å². The van der Waals surface area contributed by atoms with Gasteiger partial charge in [0, 0.05) is 5.25 Å². The van der Waals surface area contributed by atoms with Crippen LogP contribution in [0.3, 0.4) is 0 Å². The minimum atomic E-state index is -0.141. The molecular formula is C26H45ClO4S2. The molecule has 2 unspecified atom stereocenters. The topological polar surface area (TPSA) is 52.6 Å². The van der Waals surface area contributed by atoms with Crippen molar-refractivity contribution in [2.45, 2.75) is 113 Å². The average Bonchev–Trinajstić information content (AvgIpc) is 2.90. The average molecular weight is 521 g/mol. The first kappa shape index (κ1) is 29.2. The predicted molar refractivity (Wildman–Crippen MR) is 142 cm³/mol. The Kier molecular flexibility index (Phi) is 14.6. The zero-order valence-electron chi connectivity index (χ0n) is 20.8. The summed E-state index contributed by atoms with van der Waals surface area (Å²) in [5.41, 5.74) is -0.141. The number of alkyl halides is 1. The van der Waals surface area contributed by atoms with E-state index in [1.165, 1.54) is 95.7 Å². The fourth-order valence-electron chi connectivity index (χ4n) is 5.43. The van der Waals surface area contributed by atoms with E-state index in [1.807, 2.05) is 23.5 Å². The van der Waals surface area contributed by atoms with Crippen LogP contribution in [0.25, 0.3) is 0 Å². The van der Waals surface area contributed by atoms with Crippen molar-refractivity contribution >= 4 is 47.1 Å². The molecular weight excluding hydrogens is 476 g/mol. The van der Waals surface area contributed by atoms with Crippen molar-refractivity contribution in [1.82, 2.24) is 0 Å². The third-order valence-corrected chi connectivity index (χ3v) is 10.7. The Labute approximate surface area is 215 Å². The normalized spacial score (nSPS) is 27.6. The molecule has 2 saturated heterocycles. The zero-order chi connectivity index (χ0) is 23.9. The van der Waals surface area contributed by atoms with Crippen LogP contribution in [0, 0.1) is 11.3 Å². The highest BCUT2D eigenvalue weighted by atomic mass is 35.5. The molecule has 2 heterocycles. The Morgan fingerprint density at radius 2 is 1.30 bits per heavy atom. The van der Waals surface area contributed by atoms with Gasteiger partial charge in [-0.2, -0.15) is 11.8 Å². The van der Waals surface area contributed by atoms with Crippen LogP contribution in [-0.4, -0.2) is 47.6 Å². The summed E-state index contributed by atoms with van der Waals surface area (Å²) in [6.45, 7) is 0. The second-order valence-electron chi connectivity index (χ2n) is 9.70. The van der Waals surface area contributed by atoms with E-state index in [4.69, 9.17) is 16.3 Å². The summed E-state index contributed by atoms with van der Waals surface area (Å²) >= 11 is 9.67. The van der Waals surface area contributed by atoms with Crippen molar-refractivity contribution in [2.75, 3.05) is 25.7 Å². The minimum absolute atomic E-state index is 0.0142. The number of halogens is 1. The largest absolute Gasteiger partial charge is 0.469 e.